The molecule has 1 aliphatic heterocycles. The van der Waals surface area contributed by atoms with Crippen molar-refractivity contribution in [2.75, 3.05) is 11.8 Å². The normalized spacial score (nSPS) is 14.7. The molecule has 2 rings (SSSR count). The summed E-state index contributed by atoms with van der Waals surface area (Å²) in [7, 11) is 0.0337. The number of para-hydroxylation sites is 1. The zero-order chi connectivity index (χ0) is 10.5. The second-order valence-corrected chi connectivity index (χ2v) is 3.74. The van der Waals surface area contributed by atoms with Crippen molar-refractivity contribution < 1.29 is 4.65 Å². The van der Waals surface area contributed by atoms with E-state index < -0.39 is 0 Å². The van der Waals surface area contributed by atoms with E-state index in [1.54, 1.807) is 0 Å². The van der Waals surface area contributed by atoms with Crippen LogP contribution in [0.2, 0.25) is 0 Å². The maximum absolute atomic E-state index is 5.68. The van der Waals surface area contributed by atoms with E-state index in [1.165, 1.54) is 12.0 Å². The number of anilines is 1. The van der Waals surface area contributed by atoms with Crippen LogP contribution in [0.3, 0.4) is 0 Å². The van der Waals surface area contributed by atoms with E-state index in [9.17, 15) is 0 Å². The molecule has 3 heteroatoms. The van der Waals surface area contributed by atoms with E-state index in [4.69, 9.17) is 4.65 Å². The van der Waals surface area contributed by atoms with Crippen LogP contribution in [0.25, 0.3) is 6.08 Å². The van der Waals surface area contributed by atoms with Gasteiger partial charge in [-0.1, -0.05) is 37.6 Å². The third kappa shape index (κ3) is 2.63. The lowest BCUT2D eigenvalue weighted by Gasteiger charge is -2.32. The predicted molar refractivity (Wildman–Crippen MR) is 65.7 cm³/mol. The molecule has 0 aliphatic carbocycles. The molecule has 2 nitrogen and oxygen atoms in total. The number of hydrogen-bond donors (Lipinski definition) is 1. The van der Waals surface area contributed by atoms with E-state index in [1.807, 2.05) is 12.1 Å². The van der Waals surface area contributed by atoms with Crippen molar-refractivity contribution in [2.24, 2.45) is 0 Å². The highest BCUT2D eigenvalue weighted by atomic mass is 16.4. The van der Waals surface area contributed by atoms with Crippen LogP contribution < -0.4 is 5.23 Å². The lowest BCUT2D eigenvalue weighted by Crippen LogP contribution is -2.29. The summed E-state index contributed by atoms with van der Waals surface area (Å²) >= 11 is 0. The fourth-order valence-electron chi connectivity index (χ4n) is 1.62. The molecule has 0 bridgehead atoms. The lowest BCUT2D eigenvalue weighted by atomic mass is 9.78. The summed E-state index contributed by atoms with van der Waals surface area (Å²) < 4.78 is 5.68. The minimum absolute atomic E-state index is 0.0337. The molecule has 0 aromatic heterocycles. The van der Waals surface area contributed by atoms with Crippen molar-refractivity contribution in [1.82, 2.24) is 0 Å². The quantitative estimate of drug-likeness (QED) is 0.597. The van der Waals surface area contributed by atoms with Crippen LogP contribution in [0.5, 0.6) is 0 Å². The van der Waals surface area contributed by atoms with Gasteiger partial charge in [0.2, 0.25) is 0 Å². The van der Waals surface area contributed by atoms with Crippen LogP contribution in [0.15, 0.2) is 30.2 Å². The van der Waals surface area contributed by atoms with Gasteiger partial charge in [0.15, 0.2) is 0 Å². The van der Waals surface area contributed by atoms with Gasteiger partial charge in [0.25, 0.3) is 0 Å². The highest BCUT2D eigenvalue weighted by molar-refractivity contribution is 6.63. The average Bonchev–Trinajstić information content (AvgIpc) is 2.29. The summed E-state index contributed by atoms with van der Waals surface area (Å²) in [4.78, 5) is 0. The molecule has 1 radical (unpaired) electrons. The van der Waals surface area contributed by atoms with Crippen LogP contribution in [0.1, 0.15) is 25.3 Å². The largest absolute Gasteiger partial charge is 0.592 e. The number of hydrogen-bond acceptors (Lipinski definition) is 2. The van der Waals surface area contributed by atoms with Crippen LogP contribution >= 0.6 is 0 Å². The second kappa shape index (κ2) is 5.03. The Morgan fingerprint density at radius 2 is 2.20 bits per heavy atom. The SMILES string of the molecule is CCCCO[B-]1C=Cc2ccccc2N1. The van der Waals surface area contributed by atoms with Crippen LogP contribution in [-0.4, -0.2) is 13.7 Å². The van der Waals surface area contributed by atoms with E-state index in [0.717, 1.165) is 18.7 Å². The topological polar surface area (TPSA) is 21.3 Å². The Balaban J connectivity index is 1.94. The van der Waals surface area contributed by atoms with Crippen LogP contribution in [-0.2, 0) is 4.65 Å². The first-order valence-corrected chi connectivity index (χ1v) is 5.55. The molecule has 0 saturated heterocycles. The van der Waals surface area contributed by atoms with Gasteiger partial charge < -0.3 is 9.88 Å². The summed E-state index contributed by atoms with van der Waals surface area (Å²) in [5.41, 5.74) is 2.38. The molecule has 1 aromatic carbocycles. The van der Waals surface area contributed by atoms with Crippen molar-refractivity contribution >= 4 is 18.8 Å². The van der Waals surface area contributed by atoms with Crippen molar-refractivity contribution in [3.8, 4) is 0 Å². The highest BCUT2D eigenvalue weighted by Gasteiger charge is 2.03. The monoisotopic (exact) mass is 201 g/mol. The van der Waals surface area contributed by atoms with Gasteiger partial charge in [0, 0.05) is 5.69 Å². The Bertz CT molecular complexity index is 351. The zero-order valence-electron chi connectivity index (χ0n) is 9.07. The van der Waals surface area contributed by atoms with Crippen molar-refractivity contribution in [3.63, 3.8) is 0 Å². The number of unbranched alkanes of at least 4 members (excludes halogenated alkanes) is 1. The van der Waals surface area contributed by atoms with E-state index >= 15 is 0 Å². The Kier molecular flexibility index (Phi) is 3.46. The summed E-state index contributed by atoms with van der Waals surface area (Å²) in [6.45, 7) is 2.99. The summed E-state index contributed by atoms with van der Waals surface area (Å²) in [6, 6.07) is 8.26. The molecule has 0 fully saturated rings. The van der Waals surface area contributed by atoms with Crippen LogP contribution in [0, 0.1) is 0 Å². The number of nitrogens with one attached hydrogen (secondary N) is 1. The molecule has 0 amide bonds. The van der Waals surface area contributed by atoms with Gasteiger partial charge in [-0.2, -0.15) is 0 Å². The third-order valence-corrected chi connectivity index (χ3v) is 2.50. The average molecular weight is 201 g/mol. The van der Waals surface area contributed by atoms with Gasteiger partial charge in [-0.05, 0) is 24.7 Å². The Hall–Kier alpha value is -1.22. The highest BCUT2D eigenvalue weighted by Crippen LogP contribution is 2.21. The maximum atomic E-state index is 5.68. The standard InChI is InChI=1S/C12H16BNO/c1-2-3-10-15-13-9-8-11-6-4-5-7-12(11)14-13/h4-9,14H,2-3,10H2,1H3/q-1. The molecule has 1 aromatic rings. The Morgan fingerprint density at radius 1 is 1.33 bits per heavy atom. The first kappa shape index (κ1) is 10.3. The van der Waals surface area contributed by atoms with Gasteiger partial charge in [-0.3, -0.25) is 0 Å². The smallest absolute Gasteiger partial charge is 0.127 e. The predicted octanol–water partition coefficient (Wildman–Crippen LogP) is 2.97. The Labute approximate surface area is 91.5 Å². The summed E-state index contributed by atoms with van der Waals surface area (Å²) in [6.07, 6.45) is 4.41. The fraction of sp³-hybridized carbons (Fsp3) is 0.333. The molecule has 1 N–H and O–H groups in total. The first-order chi connectivity index (χ1) is 7.40. The lowest BCUT2D eigenvalue weighted by molar-refractivity contribution is 0.320. The molecular formula is C12H16BNO-. The number of rotatable bonds is 4. The first-order valence-electron chi connectivity index (χ1n) is 5.55. The molecule has 0 saturated carbocycles. The molecule has 1 aliphatic rings. The van der Waals surface area contributed by atoms with Crippen molar-refractivity contribution in [1.29, 1.82) is 0 Å². The van der Waals surface area contributed by atoms with Gasteiger partial charge in [0.05, 0.1) is 0 Å². The maximum Gasteiger partial charge on any atom is 0.127 e. The third-order valence-electron chi connectivity index (χ3n) is 2.50. The molecular weight excluding hydrogens is 185 g/mol. The molecule has 1 heterocycles. The van der Waals surface area contributed by atoms with Gasteiger partial charge in [-0.15, -0.1) is 0 Å². The Morgan fingerprint density at radius 3 is 3.07 bits per heavy atom. The van der Waals surface area contributed by atoms with E-state index in [-0.39, 0.29) is 7.05 Å². The summed E-state index contributed by atoms with van der Waals surface area (Å²) in [5.74, 6) is 2.07. The second-order valence-electron chi connectivity index (χ2n) is 3.74. The van der Waals surface area contributed by atoms with E-state index in [0.29, 0.717) is 0 Å². The van der Waals surface area contributed by atoms with Crippen molar-refractivity contribution in [3.05, 3.63) is 35.8 Å². The zero-order valence-corrected chi connectivity index (χ0v) is 9.07. The van der Waals surface area contributed by atoms with Gasteiger partial charge in [-0.25, -0.2) is 5.98 Å². The number of benzene rings is 1. The van der Waals surface area contributed by atoms with E-state index in [2.05, 4.69) is 36.3 Å². The van der Waals surface area contributed by atoms with Crippen molar-refractivity contribution in [2.45, 2.75) is 19.8 Å². The van der Waals surface area contributed by atoms with Crippen LogP contribution in [0.4, 0.5) is 5.69 Å². The minimum atomic E-state index is 0.0337. The molecule has 0 unspecified atom stereocenters. The van der Waals surface area contributed by atoms with Gasteiger partial charge >= 0.3 is 0 Å². The van der Waals surface area contributed by atoms with Gasteiger partial charge in [0.1, 0.15) is 7.05 Å². The fourth-order valence-corrected chi connectivity index (χ4v) is 1.62. The molecule has 79 valence electrons. The summed E-state index contributed by atoms with van der Waals surface area (Å²) in [5, 5.41) is 3.35. The molecule has 0 spiro atoms. The molecule has 0 atom stereocenters. The molecule has 15 heavy (non-hydrogen) atoms. The number of fused-ring (bicyclic) bond motifs is 1. The minimum Gasteiger partial charge on any atom is -0.592 e.